The fourth-order valence-electron chi connectivity index (χ4n) is 2.13. The predicted octanol–water partition coefficient (Wildman–Crippen LogP) is 3.16. The molecular weight excluding hydrogens is 222 g/mol. The van der Waals surface area contributed by atoms with Crippen molar-refractivity contribution in [3.63, 3.8) is 0 Å². The van der Waals surface area contributed by atoms with Crippen LogP contribution in [0.2, 0.25) is 0 Å². The van der Waals surface area contributed by atoms with Crippen LogP contribution in [-0.4, -0.2) is 16.3 Å². The SMILES string of the molecule is CCc1cc(CC)n(CCCCC(C)(C)CN)n1. The molecule has 0 spiro atoms. The zero-order valence-electron chi connectivity index (χ0n) is 12.5. The normalized spacial score (nSPS) is 12.1. The van der Waals surface area contributed by atoms with E-state index in [2.05, 4.69) is 43.5 Å². The van der Waals surface area contributed by atoms with Crippen molar-refractivity contribution in [1.82, 2.24) is 9.78 Å². The van der Waals surface area contributed by atoms with E-state index in [-0.39, 0.29) is 5.41 Å². The summed E-state index contributed by atoms with van der Waals surface area (Å²) in [4.78, 5) is 0. The molecule has 0 atom stereocenters. The fourth-order valence-corrected chi connectivity index (χ4v) is 2.13. The van der Waals surface area contributed by atoms with Gasteiger partial charge in [0.05, 0.1) is 5.69 Å². The van der Waals surface area contributed by atoms with E-state index in [1.165, 1.54) is 30.7 Å². The summed E-state index contributed by atoms with van der Waals surface area (Å²) in [6.45, 7) is 10.7. The number of nitrogens with zero attached hydrogens (tertiary/aromatic N) is 2. The van der Waals surface area contributed by atoms with Crippen molar-refractivity contribution in [2.24, 2.45) is 11.1 Å². The number of hydrogen-bond acceptors (Lipinski definition) is 2. The van der Waals surface area contributed by atoms with Crippen LogP contribution in [0.1, 0.15) is 58.3 Å². The maximum Gasteiger partial charge on any atom is 0.0624 e. The van der Waals surface area contributed by atoms with Gasteiger partial charge in [0.2, 0.25) is 0 Å². The van der Waals surface area contributed by atoms with Crippen molar-refractivity contribution in [1.29, 1.82) is 0 Å². The second-order valence-corrected chi connectivity index (χ2v) is 5.88. The predicted molar refractivity (Wildman–Crippen MR) is 77.7 cm³/mol. The number of nitrogens with two attached hydrogens (primary N) is 1. The topological polar surface area (TPSA) is 43.8 Å². The molecule has 1 heterocycles. The van der Waals surface area contributed by atoms with Gasteiger partial charge in [0.25, 0.3) is 0 Å². The molecule has 0 aliphatic rings. The van der Waals surface area contributed by atoms with Crippen LogP contribution in [0, 0.1) is 5.41 Å². The Morgan fingerprint density at radius 1 is 1.22 bits per heavy atom. The van der Waals surface area contributed by atoms with Crippen LogP contribution in [0.15, 0.2) is 6.07 Å². The van der Waals surface area contributed by atoms with Gasteiger partial charge in [0, 0.05) is 12.2 Å². The van der Waals surface area contributed by atoms with Gasteiger partial charge in [-0.3, -0.25) is 4.68 Å². The van der Waals surface area contributed by atoms with E-state index in [9.17, 15) is 0 Å². The smallest absolute Gasteiger partial charge is 0.0624 e. The van der Waals surface area contributed by atoms with Gasteiger partial charge in [-0.25, -0.2) is 0 Å². The lowest BCUT2D eigenvalue weighted by atomic mass is 9.87. The third-order valence-corrected chi connectivity index (χ3v) is 3.66. The standard InChI is InChI=1S/C15H29N3/c1-5-13-11-14(6-2)18(17-13)10-8-7-9-15(3,4)12-16/h11H,5-10,12,16H2,1-4H3. The summed E-state index contributed by atoms with van der Waals surface area (Å²) in [7, 11) is 0. The van der Waals surface area contributed by atoms with E-state index in [1.807, 2.05) is 0 Å². The molecule has 1 aromatic rings. The summed E-state index contributed by atoms with van der Waals surface area (Å²) < 4.78 is 2.19. The monoisotopic (exact) mass is 251 g/mol. The Bertz CT molecular complexity index is 353. The average Bonchev–Trinajstić information content (AvgIpc) is 2.77. The number of hydrogen-bond donors (Lipinski definition) is 1. The van der Waals surface area contributed by atoms with E-state index in [1.54, 1.807) is 0 Å². The lowest BCUT2D eigenvalue weighted by molar-refractivity contribution is 0.326. The van der Waals surface area contributed by atoms with Gasteiger partial charge >= 0.3 is 0 Å². The van der Waals surface area contributed by atoms with Crippen LogP contribution in [0.4, 0.5) is 0 Å². The second-order valence-electron chi connectivity index (χ2n) is 5.88. The summed E-state index contributed by atoms with van der Waals surface area (Å²) in [5.74, 6) is 0. The Morgan fingerprint density at radius 2 is 1.94 bits per heavy atom. The van der Waals surface area contributed by atoms with Gasteiger partial charge in [-0.05, 0) is 43.7 Å². The van der Waals surface area contributed by atoms with E-state index in [4.69, 9.17) is 5.73 Å². The van der Waals surface area contributed by atoms with Gasteiger partial charge in [0.1, 0.15) is 0 Å². The van der Waals surface area contributed by atoms with E-state index in [0.29, 0.717) is 0 Å². The molecule has 104 valence electrons. The molecule has 1 rings (SSSR count). The summed E-state index contributed by atoms with van der Waals surface area (Å²) in [6, 6.07) is 2.24. The highest BCUT2D eigenvalue weighted by atomic mass is 15.3. The van der Waals surface area contributed by atoms with Crippen molar-refractivity contribution < 1.29 is 0 Å². The second kappa shape index (κ2) is 6.93. The highest BCUT2D eigenvalue weighted by Crippen LogP contribution is 2.21. The van der Waals surface area contributed by atoms with Crippen molar-refractivity contribution in [2.45, 2.75) is 66.3 Å². The molecule has 0 saturated heterocycles. The molecule has 1 aromatic heterocycles. The highest BCUT2D eigenvalue weighted by Gasteiger charge is 2.14. The van der Waals surface area contributed by atoms with Crippen LogP contribution in [0.5, 0.6) is 0 Å². The number of unbranched alkanes of at least 4 members (excludes halogenated alkanes) is 1. The average molecular weight is 251 g/mol. The molecule has 0 saturated carbocycles. The molecule has 3 heteroatoms. The van der Waals surface area contributed by atoms with Gasteiger partial charge in [-0.1, -0.05) is 34.1 Å². The molecular formula is C15H29N3. The van der Waals surface area contributed by atoms with Gasteiger partial charge in [-0.15, -0.1) is 0 Å². The Kier molecular flexibility index (Phi) is 5.86. The Morgan fingerprint density at radius 3 is 2.50 bits per heavy atom. The summed E-state index contributed by atoms with van der Waals surface area (Å²) in [5, 5.41) is 4.65. The fraction of sp³-hybridized carbons (Fsp3) is 0.800. The lowest BCUT2D eigenvalue weighted by Crippen LogP contribution is -2.23. The van der Waals surface area contributed by atoms with E-state index < -0.39 is 0 Å². The van der Waals surface area contributed by atoms with E-state index >= 15 is 0 Å². The Balaban J connectivity index is 2.41. The maximum absolute atomic E-state index is 5.75. The highest BCUT2D eigenvalue weighted by molar-refractivity contribution is 5.10. The minimum Gasteiger partial charge on any atom is -0.330 e. The van der Waals surface area contributed by atoms with Crippen LogP contribution in [0.25, 0.3) is 0 Å². The molecule has 18 heavy (non-hydrogen) atoms. The van der Waals surface area contributed by atoms with Gasteiger partial charge in [-0.2, -0.15) is 5.10 Å². The van der Waals surface area contributed by atoms with E-state index in [0.717, 1.165) is 25.9 Å². The number of aromatic nitrogens is 2. The first-order chi connectivity index (χ1) is 8.52. The van der Waals surface area contributed by atoms with Crippen LogP contribution < -0.4 is 5.73 Å². The molecule has 0 aliphatic heterocycles. The molecule has 0 aliphatic carbocycles. The van der Waals surface area contributed by atoms with Crippen molar-refractivity contribution in [2.75, 3.05) is 6.54 Å². The van der Waals surface area contributed by atoms with Crippen LogP contribution in [0.3, 0.4) is 0 Å². The van der Waals surface area contributed by atoms with Gasteiger partial charge < -0.3 is 5.73 Å². The maximum atomic E-state index is 5.75. The largest absolute Gasteiger partial charge is 0.330 e. The van der Waals surface area contributed by atoms with Crippen molar-refractivity contribution in [3.8, 4) is 0 Å². The number of aryl methyl sites for hydroxylation is 3. The Hall–Kier alpha value is -0.830. The molecule has 3 nitrogen and oxygen atoms in total. The molecule has 0 aromatic carbocycles. The molecule has 0 fully saturated rings. The zero-order valence-corrected chi connectivity index (χ0v) is 12.5. The third-order valence-electron chi connectivity index (χ3n) is 3.66. The summed E-state index contributed by atoms with van der Waals surface area (Å²) in [5.41, 5.74) is 8.62. The van der Waals surface area contributed by atoms with Crippen molar-refractivity contribution in [3.05, 3.63) is 17.5 Å². The summed E-state index contributed by atoms with van der Waals surface area (Å²) >= 11 is 0. The van der Waals surface area contributed by atoms with Crippen molar-refractivity contribution >= 4 is 0 Å². The molecule has 0 unspecified atom stereocenters. The molecule has 0 radical (unpaired) electrons. The van der Waals surface area contributed by atoms with Crippen LogP contribution in [-0.2, 0) is 19.4 Å². The van der Waals surface area contributed by atoms with Crippen LogP contribution >= 0.6 is 0 Å². The Labute approximate surface area is 112 Å². The minimum absolute atomic E-state index is 0.284. The lowest BCUT2D eigenvalue weighted by Gasteiger charge is -2.21. The number of rotatable bonds is 8. The minimum atomic E-state index is 0.284. The quantitative estimate of drug-likeness (QED) is 0.721. The first-order valence-corrected chi connectivity index (χ1v) is 7.28. The molecule has 0 bridgehead atoms. The zero-order chi connectivity index (χ0) is 13.6. The first-order valence-electron chi connectivity index (χ1n) is 7.28. The molecule has 0 amide bonds. The third kappa shape index (κ3) is 4.45. The summed E-state index contributed by atoms with van der Waals surface area (Å²) in [6.07, 6.45) is 5.73. The molecule has 2 N–H and O–H groups in total. The first kappa shape index (κ1) is 15.2. The van der Waals surface area contributed by atoms with Gasteiger partial charge in [0.15, 0.2) is 0 Å².